The maximum absolute atomic E-state index is 12.8. The number of methoxy groups -OCH3 is 1. The molecule has 6 nitrogen and oxygen atoms in total. The number of benzene rings is 1. The smallest absolute Gasteiger partial charge is 0.243 e. The molecule has 0 aromatic heterocycles. The number of anilines is 1. The highest BCUT2D eigenvalue weighted by atomic mass is 32.2. The minimum atomic E-state index is -3.55. The number of carbonyl (C=O) groups is 1. The van der Waals surface area contributed by atoms with E-state index in [1.807, 2.05) is 6.92 Å². The molecule has 0 spiro atoms. The van der Waals surface area contributed by atoms with Crippen molar-refractivity contribution in [3.63, 3.8) is 0 Å². The fourth-order valence-electron chi connectivity index (χ4n) is 2.69. The van der Waals surface area contributed by atoms with Crippen LogP contribution >= 0.6 is 0 Å². The van der Waals surface area contributed by atoms with Gasteiger partial charge in [0.15, 0.2) is 0 Å². The molecular weight excluding hydrogens is 304 g/mol. The van der Waals surface area contributed by atoms with Crippen molar-refractivity contribution in [1.82, 2.24) is 4.31 Å². The fourth-order valence-corrected chi connectivity index (χ4v) is 4.40. The lowest BCUT2D eigenvalue weighted by Crippen LogP contribution is -2.41. The number of nitrogens with zero attached hydrogens (tertiary/aromatic N) is 1. The second-order valence-electron chi connectivity index (χ2n) is 5.50. The quantitative estimate of drug-likeness (QED) is 0.920. The highest BCUT2D eigenvalue weighted by molar-refractivity contribution is 7.89. The van der Waals surface area contributed by atoms with Crippen LogP contribution in [0.25, 0.3) is 0 Å². The number of carbonyl (C=O) groups excluding carboxylic acids is 1. The molecule has 1 amide bonds. The van der Waals surface area contributed by atoms with Crippen molar-refractivity contribution >= 4 is 21.6 Å². The number of nitrogens with one attached hydrogen (secondary N) is 1. The number of sulfonamides is 1. The predicted molar refractivity (Wildman–Crippen MR) is 84.5 cm³/mol. The number of ether oxygens (including phenoxy) is 1. The molecule has 1 fully saturated rings. The summed E-state index contributed by atoms with van der Waals surface area (Å²) in [5, 5.41) is 2.62. The lowest BCUT2D eigenvalue weighted by atomic mass is 10.1. The summed E-state index contributed by atoms with van der Waals surface area (Å²) >= 11 is 0. The first kappa shape index (κ1) is 16.8. The molecule has 0 radical (unpaired) electrons. The van der Waals surface area contributed by atoms with Gasteiger partial charge in [0.05, 0.1) is 17.7 Å². The first-order valence-corrected chi connectivity index (χ1v) is 8.77. The monoisotopic (exact) mass is 326 g/mol. The van der Waals surface area contributed by atoms with E-state index in [2.05, 4.69) is 5.32 Å². The zero-order valence-corrected chi connectivity index (χ0v) is 13.9. The van der Waals surface area contributed by atoms with Crippen LogP contribution in [0, 0.1) is 0 Å². The Kier molecular flexibility index (Phi) is 5.08. The lowest BCUT2D eigenvalue weighted by Gasteiger charge is -2.32. The van der Waals surface area contributed by atoms with Crippen LogP contribution in [0.5, 0.6) is 5.75 Å². The van der Waals surface area contributed by atoms with E-state index in [4.69, 9.17) is 4.74 Å². The van der Waals surface area contributed by atoms with Crippen LogP contribution in [0.2, 0.25) is 0 Å². The highest BCUT2D eigenvalue weighted by Crippen LogP contribution is 2.31. The van der Waals surface area contributed by atoms with Crippen molar-refractivity contribution in [2.75, 3.05) is 19.0 Å². The molecule has 1 aromatic rings. The van der Waals surface area contributed by atoms with Crippen LogP contribution in [0.3, 0.4) is 0 Å². The Hall–Kier alpha value is -1.60. The summed E-state index contributed by atoms with van der Waals surface area (Å²) in [5.74, 6) is 0.0968. The largest absolute Gasteiger partial charge is 0.495 e. The van der Waals surface area contributed by atoms with E-state index in [-0.39, 0.29) is 16.8 Å². The van der Waals surface area contributed by atoms with E-state index in [0.29, 0.717) is 18.0 Å². The second kappa shape index (κ2) is 6.66. The van der Waals surface area contributed by atoms with Gasteiger partial charge in [-0.25, -0.2) is 8.42 Å². The van der Waals surface area contributed by atoms with Gasteiger partial charge in [-0.3, -0.25) is 4.79 Å². The molecule has 1 aliphatic heterocycles. The van der Waals surface area contributed by atoms with Crippen LogP contribution < -0.4 is 10.1 Å². The molecule has 1 aromatic carbocycles. The maximum Gasteiger partial charge on any atom is 0.243 e. The zero-order valence-electron chi connectivity index (χ0n) is 13.1. The summed E-state index contributed by atoms with van der Waals surface area (Å²) < 4.78 is 32.3. The van der Waals surface area contributed by atoms with Gasteiger partial charge in [0, 0.05) is 25.6 Å². The summed E-state index contributed by atoms with van der Waals surface area (Å²) in [6, 6.07) is 4.52. The van der Waals surface area contributed by atoms with Gasteiger partial charge in [-0.15, -0.1) is 0 Å². The number of piperidine rings is 1. The Bertz CT molecular complexity index is 658. The topological polar surface area (TPSA) is 75.7 Å². The molecule has 22 heavy (non-hydrogen) atoms. The average molecular weight is 326 g/mol. The van der Waals surface area contributed by atoms with Gasteiger partial charge >= 0.3 is 0 Å². The third-order valence-corrected chi connectivity index (χ3v) is 5.84. The summed E-state index contributed by atoms with van der Waals surface area (Å²) in [5.41, 5.74) is 0.459. The van der Waals surface area contributed by atoms with Gasteiger partial charge in [-0.2, -0.15) is 4.31 Å². The molecule has 0 unspecified atom stereocenters. The van der Waals surface area contributed by atoms with E-state index in [1.54, 1.807) is 10.4 Å². The Morgan fingerprint density at radius 1 is 1.36 bits per heavy atom. The summed E-state index contributed by atoms with van der Waals surface area (Å²) in [6.07, 6.45) is 2.81. The zero-order chi connectivity index (χ0) is 16.3. The maximum atomic E-state index is 12.8. The number of hydrogen-bond donors (Lipinski definition) is 1. The Labute approximate surface area is 131 Å². The van der Waals surface area contributed by atoms with Crippen LogP contribution in [0.1, 0.15) is 33.1 Å². The molecule has 0 bridgehead atoms. The molecular formula is C15H22N2O4S. The number of rotatable bonds is 4. The minimum absolute atomic E-state index is 0.000217. The molecule has 1 atom stereocenters. The Balaban J connectivity index is 2.37. The van der Waals surface area contributed by atoms with Crippen molar-refractivity contribution in [2.24, 2.45) is 0 Å². The predicted octanol–water partition coefficient (Wildman–Crippen LogP) is 2.22. The van der Waals surface area contributed by atoms with Gasteiger partial charge in [-0.1, -0.05) is 6.42 Å². The van der Waals surface area contributed by atoms with Gasteiger partial charge in [-0.05, 0) is 31.9 Å². The van der Waals surface area contributed by atoms with Crippen molar-refractivity contribution in [2.45, 2.75) is 44.0 Å². The first-order chi connectivity index (χ1) is 10.4. The molecule has 1 heterocycles. The van der Waals surface area contributed by atoms with Crippen molar-refractivity contribution in [3.05, 3.63) is 18.2 Å². The van der Waals surface area contributed by atoms with Crippen LogP contribution in [0.4, 0.5) is 5.69 Å². The summed E-state index contributed by atoms with van der Waals surface area (Å²) in [4.78, 5) is 11.3. The van der Waals surface area contributed by atoms with Crippen LogP contribution in [-0.4, -0.2) is 38.3 Å². The number of hydrogen-bond acceptors (Lipinski definition) is 4. The van der Waals surface area contributed by atoms with Crippen LogP contribution in [0.15, 0.2) is 23.1 Å². The first-order valence-electron chi connectivity index (χ1n) is 7.33. The Morgan fingerprint density at radius 2 is 2.09 bits per heavy atom. The Morgan fingerprint density at radius 3 is 2.68 bits per heavy atom. The second-order valence-corrected chi connectivity index (χ2v) is 7.39. The normalized spacial score (nSPS) is 19.7. The van der Waals surface area contributed by atoms with E-state index >= 15 is 0 Å². The lowest BCUT2D eigenvalue weighted by molar-refractivity contribution is -0.114. The summed E-state index contributed by atoms with van der Waals surface area (Å²) in [6.45, 7) is 3.86. The molecule has 0 saturated carbocycles. The van der Waals surface area contributed by atoms with E-state index in [1.165, 1.54) is 26.2 Å². The summed E-state index contributed by atoms with van der Waals surface area (Å²) in [7, 11) is -2.10. The van der Waals surface area contributed by atoms with Gasteiger partial charge in [0.2, 0.25) is 15.9 Å². The molecule has 1 N–H and O–H groups in total. The van der Waals surface area contributed by atoms with E-state index < -0.39 is 10.0 Å². The number of amides is 1. The van der Waals surface area contributed by atoms with Crippen molar-refractivity contribution < 1.29 is 17.9 Å². The third kappa shape index (κ3) is 3.41. The van der Waals surface area contributed by atoms with Gasteiger partial charge in [0.1, 0.15) is 5.75 Å². The third-order valence-electron chi connectivity index (χ3n) is 3.83. The average Bonchev–Trinajstić information content (AvgIpc) is 2.47. The molecule has 1 saturated heterocycles. The highest BCUT2D eigenvalue weighted by Gasteiger charge is 2.31. The standard InChI is InChI=1S/C15H22N2O4S/c1-11-6-4-5-9-17(11)22(19,20)13-7-8-14(16-12(2)18)15(10-13)21-3/h7-8,10-11H,4-6,9H2,1-3H3,(H,16,18)/t11-/m1/s1. The molecule has 122 valence electrons. The minimum Gasteiger partial charge on any atom is -0.495 e. The molecule has 2 rings (SSSR count). The molecule has 0 aliphatic carbocycles. The molecule has 7 heteroatoms. The van der Waals surface area contributed by atoms with Gasteiger partial charge in [0.25, 0.3) is 0 Å². The van der Waals surface area contributed by atoms with E-state index in [0.717, 1.165) is 19.3 Å². The SMILES string of the molecule is COc1cc(S(=O)(=O)N2CCCC[C@H]2C)ccc1NC(C)=O. The van der Waals surface area contributed by atoms with Gasteiger partial charge < -0.3 is 10.1 Å². The fraction of sp³-hybridized carbons (Fsp3) is 0.533. The van der Waals surface area contributed by atoms with Crippen molar-refractivity contribution in [1.29, 1.82) is 0 Å². The van der Waals surface area contributed by atoms with Crippen molar-refractivity contribution in [3.8, 4) is 5.75 Å². The van der Waals surface area contributed by atoms with Crippen LogP contribution in [-0.2, 0) is 14.8 Å². The van der Waals surface area contributed by atoms with E-state index in [9.17, 15) is 13.2 Å². The molecule has 1 aliphatic rings.